The number of piperazine rings is 1. The third-order valence-corrected chi connectivity index (χ3v) is 3.33. The van der Waals surface area contributed by atoms with Crippen LogP contribution in [0.15, 0.2) is 27.3 Å². The molecule has 2 aromatic heterocycles. The van der Waals surface area contributed by atoms with Gasteiger partial charge in [-0.25, -0.2) is 0 Å². The van der Waals surface area contributed by atoms with Gasteiger partial charge in [-0.2, -0.15) is 4.98 Å². The van der Waals surface area contributed by atoms with Gasteiger partial charge in [0.15, 0.2) is 11.6 Å². The molecule has 7 nitrogen and oxygen atoms in total. The fourth-order valence-electron chi connectivity index (χ4n) is 2.27. The van der Waals surface area contributed by atoms with Gasteiger partial charge in [0.2, 0.25) is 5.89 Å². The van der Waals surface area contributed by atoms with E-state index in [9.17, 15) is 4.79 Å². The highest BCUT2D eigenvalue weighted by Gasteiger charge is 2.24. The number of furan rings is 1. The van der Waals surface area contributed by atoms with Crippen LogP contribution in [0, 0.1) is 6.92 Å². The van der Waals surface area contributed by atoms with Crippen molar-refractivity contribution in [2.24, 2.45) is 0 Å². The zero-order chi connectivity index (χ0) is 13.9. The Balaban J connectivity index is 1.53. The van der Waals surface area contributed by atoms with E-state index in [1.54, 1.807) is 24.0 Å². The molecule has 3 rings (SSSR count). The summed E-state index contributed by atoms with van der Waals surface area (Å²) >= 11 is 0. The lowest BCUT2D eigenvalue weighted by atomic mass is 10.3. The monoisotopic (exact) mass is 276 g/mol. The second-order valence-electron chi connectivity index (χ2n) is 4.78. The van der Waals surface area contributed by atoms with Gasteiger partial charge in [0.25, 0.3) is 5.91 Å². The van der Waals surface area contributed by atoms with E-state index in [2.05, 4.69) is 15.0 Å². The van der Waals surface area contributed by atoms with Gasteiger partial charge in [0, 0.05) is 33.1 Å². The molecule has 1 saturated heterocycles. The highest BCUT2D eigenvalue weighted by molar-refractivity contribution is 5.91. The molecule has 0 atom stereocenters. The van der Waals surface area contributed by atoms with Gasteiger partial charge in [0.1, 0.15) is 0 Å². The average Bonchev–Trinajstić information content (AvgIpc) is 3.11. The molecule has 0 radical (unpaired) electrons. The molecule has 0 aliphatic carbocycles. The molecular weight excluding hydrogens is 260 g/mol. The second kappa shape index (κ2) is 5.46. The van der Waals surface area contributed by atoms with Crippen LogP contribution < -0.4 is 0 Å². The van der Waals surface area contributed by atoms with E-state index in [1.165, 1.54) is 6.26 Å². The zero-order valence-electron chi connectivity index (χ0n) is 11.3. The normalized spacial score (nSPS) is 16.6. The Labute approximate surface area is 116 Å². The molecule has 1 aliphatic rings. The molecule has 0 aromatic carbocycles. The predicted octanol–water partition coefficient (Wildman–Crippen LogP) is 0.929. The quantitative estimate of drug-likeness (QED) is 0.830. The van der Waals surface area contributed by atoms with Crippen molar-refractivity contribution in [3.05, 3.63) is 35.9 Å². The molecule has 3 heterocycles. The molecule has 2 aromatic rings. The number of carbonyl (C=O) groups is 1. The summed E-state index contributed by atoms with van der Waals surface area (Å²) in [4.78, 5) is 20.3. The smallest absolute Gasteiger partial charge is 0.289 e. The Morgan fingerprint density at radius 3 is 2.75 bits per heavy atom. The first-order valence-corrected chi connectivity index (χ1v) is 6.57. The van der Waals surface area contributed by atoms with E-state index >= 15 is 0 Å². The van der Waals surface area contributed by atoms with Gasteiger partial charge in [-0.15, -0.1) is 0 Å². The van der Waals surface area contributed by atoms with Crippen molar-refractivity contribution in [3.8, 4) is 0 Å². The van der Waals surface area contributed by atoms with Crippen molar-refractivity contribution in [3.63, 3.8) is 0 Å². The molecule has 1 fully saturated rings. The van der Waals surface area contributed by atoms with Gasteiger partial charge in [-0.1, -0.05) is 5.16 Å². The third kappa shape index (κ3) is 2.72. The van der Waals surface area contributed by atoms with E-state index < -0.39 is 0 Å². The van der Waals surface area contributed by atoms with Crippen molar-refractivity contribution >= 4 is 5.91 Å². The van der Waals surface area contributed by atoms with E-state index in [1.807, 2.05) is 0 Å². The van der Waals surface area contributed by atoms with Crippen molar-refractivity contribution in [1.82, 2.24) is 19.9 Å². The lowest BCUT2D eigenvalue weighted by molar-refractivity contribution is 0.0594. The lowest BCUT2D eigenvalue weighted by Crippen LogP contribution is -2.48. The zero-order valence-corrected chi connectivity index (χ0v) is 11.3. The number of aromatic nitrogens is 2. The van der Waals surface area contributed by atoms with E-state index in [0.29, 0.717) is 37.1 Å². The maximum Gasteiger partial charge on any atom is 0.289 e. The molecule has 1 amide bonds. The number of amides is 1. The Morgan fingerprint density at radius 2 is 2.15 bits per heavy atom. The van der Waals surface area contributed by atoms with Gasteiger partial charge in [-0.05, 0) is 12.1 Å². The molecule has 106 valence electrons. The van der Waals surface area contributed by atoms with Crippen LogP contribution in [-0.4, -0.2) is 52.0 Å². The lowest BCUT2D eigenvalue weighted by Gasteiger charge is -2.33. The summed E-state index contributed by atoms with van der Waals surface area (Å²) in [5.41, 5.74) is 0. The molecular formula is C13H16N4O3. The standard InChI is InChI=1S/C13H16N4O3/c1-10-14-12(15-20-10)9-16-4-6-17(7-5-16)13(18)11-3-2-8-19-11/h2-3,8H,4-7,9H2,1H3. The molecule has 7 heteroatoms. The largest absolute Gasteiger partial charge is 0.459 e. The molecule has 1 aliphatic heterocycles. The van der Waals surface area contributed by atoms with Gasteiger partial charge >= 0.3 is 0 Å². The molecule has 0 bridgehead atoms. The first kappa shape index (κ1) is 12.9. The van der Waals surface area contributed by atoms with Crippen LogP contribution in [0.2, 0.25) is 0 Å². The number of hydrogen-bond acceptors (Lipinski definition) is 6. The predicted molar refractivity (Wildman–Crippen MR) is 68.9 cm³/mol. The summed E-state index contributed by atoms with van der Waals surface area (Å²) in [6, 6.07) is 3.42. The molecule has 0 spiro atoms. The first-order valence-electron chi connectivity index (χ1n) is 6.57. The second-order valence-corrected chi connectivity index (χ2v) is 4.78. The maximum absolute atomic E-state index is 12.1. The van der Waals surface area contributed by atoms with Crippen molar-refractivity contribution in [2.75, 3.05) is 26.2 Å². The maximum atomic E-state index is 12.1. The first-order chi connectivity index (χ1) is 9.72. The van der Waals surface area contributed by atoms with Crippen LogP contribution >= 0.6 is 0 Å². The Hall–Kier alpha value is -2.15. The van der Waals surface area contributed by atoms with Gasteiger partial charge in [-0.3, -0.25) is 9.69 Å². The van der Waals surface area contributed by atoms with E-state index in [4.69, 9.17) is 8.94 Å². The average molecular weight is 276 g/mol. The van der Waals surface area contributed by atoms with Crippen LogP contribution in [0.5, 0.6) is 0 Å². The minimum atomic E-state index is -0.0509. The highest BCUT2D eigenvalue weighted by Crippen LogP contribution is 2.11. The molecule has 0 saturated carbocycles. The third-order valence-electron chi connectivity index (χ3n) is 3.33. The minimum absolute atomic E-state index is 0.0509. The number of hydrogen-bond donors (Lipinski definition) is 0. The Morgan fingerprint density at radius 1 is 1.35 bits per heavy atom. The fraction of sp³-hybridized carbons (Fsp3) is 0.462. The topological polar surface area (TPSA) is 75.6 Å². The minimum Gasteiger partial charge on any atom is -0.459 e. The summed E-state index contributed by atoms with van der Waals surface area (Å²) in [6.45, 7) is 5.36. The van der Waals surface area contributed by atoms with Crippen LogP contribution in [0.25, 0.3) is 0 Å². The molecule has 0 unspecified atom stereocenters. The highest BCUT2D eigenvalue weighted by atomic mass is 16.5. The van der Waals surface area contributed by atoms with E-state index in [0.717, 1.165) is 13.1 Å². The number of aryl methyl sites for hydroxylation is 1. The summed E-state index contributed by atoms with van der Waals surface area (Å²) in [5, 5.41) is 3.88. The van der Waals surface area contributed by atoms with Gasteiger partial charge in [0.05, 0.1) is 12.8 Å². The summed E-state index contributed by atoms with van der Waals surface area (Å²) in [6.07, 6.45) is 1.52. The summed E-state index contributed by atoms with van der Waals surface area (Å²) in [5.74, 6) is 1.61. The summed E-state index contributed by atoms with van der Waals surface area (Å²) in [7, 11) is 0. The SMILES string of the molecule is Cc1nc(CN2CCN(C(=O)c3ccco3)CC2)no1. The summed E-state index contributed by atoms with van der Waals surface area (Å²) < 4.78 is 10.1. The Kier molecular flexibility index (Phi) is 3.51. The van der Waals surface area contributed by atoms with Gasteiger partial charge < -0.3 is 13.8 Å². The van der Waals surface area contributed by atoms with Crippen molar-refractivity contribution < 1.29 is 13.7 Å². The number of nitrogens with zero attached hydrogens (tertiary/aromatic N) is 4. The molecule has 0 N–H and O–H groups in total. The van der Waals surface area contributed by atoms with Crippen LogP contribution in [0.1, 0.15) is 22.3 Å². The van der Waals surface area contributed by atoms with Crippen LogP contribution in [0.4, 0.5) is 0 Å². The Bertz CT molecular complexity index is 570. The fourth-order valence-corrected chi connectivity index (χ4v) is 2.27. The number of carbonyl (C=O) groups excluding carboxylic acids is 1. The van der Waals surface area contributed by atoms with Crippen molar-refractivity contribution in [2.45, 2.75) is 13.5 Å². The van der Waals surface area contributed by atoms with Crippen LogP contribution in [-0.2, 0) is 6.54 Å². The van der Waals surface area contributed by atoms with Crippen molar-refractivity contribution in [1.29, 1.82) is 0 Å². The molecule has 20 heavy (non-hydrogen) atoms. The number of rotatable bonds is 3. The van der Waals surface area contributed by atoms with E-state index in [-0.39, 0.29) is 5.91 Å². The van der Waals surface area contributed by atoms with Crippen LogP contribution in [0.3, 0.4) is 0 Å².